The highest BCUT2D eigenvalue weighted by Gasteiger charge is 2.15. The molecule has 0 unspecified atom stereocenters. The van der Waals surface area contributed by atoms with E-state index in [0.29, 0.717) is 31.4 Å². The SMILES string of the molecule is COc1ncnc(OC)c1CNCCCNC(=O)OC(C)(C)C. The molecule has 0 fully saturated rings. The van der Waals surface area contributed by atoms with Gasteiger partial charge in [0.1, 0.15) is 11.9 Å². The van der Waals surface area contributed by atoms with E-state index in [4.69, 9.17) is 14.2 Å². The van der Waals surface area contributed by atoms with Crippen LogP contribution in [0.2, 0.25) is 0 Å². The first-order valence-corrected chi connectivity index (χ1v) is 7.46. The molecule has 0 spiro atoms. The van der Waals surface area contributed by atoms with Gasteiger partial charge < -0.3 is 24.8 Å². The molecule has 1 heterocycles. The Labute approximate surface area is 136 Å². The molecule has 1 rings (SSSR count). The van der Waals surface area contributed by atoms with E-state index in [0.717, 1.165) is 12.0 Å². The Balaban J connectivity index is 2.29. The number of aromatic nitrogens is 2. The second kappa shape index (κ2) is 9.14. The minimum atomic E-state index is -0.483. The highest BCUT2D eigenvalue weighted by Crippen LogP contribution is 2.22. The van der Waals surface area contributed by atoms with Crippen molar-refractivity contribution in [3.8, 4) is 11.8 Å². The van der Waals surface area contributed by atoms with Crippen LogP contribution in [0.5, 0.6) is 11.8 Å². The van der Waals surface area contributed by atoms with Gasteiger partial charge >= 0.3 is 6.09 Å². The fourth-order valence-corrected chi connectivity index (χ4v) is 1.82. The molecule has 0 aliphatic rings. The molecule has 1 amide bonds. The van der Waals surface area contributed by atoms with Gasteiger partial charge in [0.05, 0.1) is 19.8 Å². The summed E-state index contributed by atoms with van der Waals surface area (Å²) in [4.78, 5) is 19.6. The summed E-state index contributed by atoms with van der Waals surface area (Å²) in [6, 6.07) is 0. The zero-order chi connectivity index (χ0) is 17.3. The first kappa shape index (κ1) is 19.0. The number of ether oxygens (including phenoxy) is 3. The third-order valence-electron chi connectivity index (χ3n) is 2.75. The summed E-state index contributed by atoms with van der Waals surface area (Å²) < 4.78 is 15.6. The van der Waals surface area contributed by atoms with Crippen molar-refractivity contribution >= 4 is 6.09 Å². The van der Waals surface area contributed by atoms with Gasteiger partial charge in [-0.1, -0.05) is 0 Å². The van der Waals surface area contributed by atoms with Crippen molar-refractivity contribution in [2.75, 3.05) is 27.3 Å². The molecule has 0 aliphatic heterocycles. The van der Waals surface area contributed by atoms with Gasteiger partial charge in [-0.3, -0.25) is 0 Å². The number of alkyl carbamates (subject to hydrolysis) is 1. The van der Waals surface area contributed by atoms with Crippen LogP contribution < -0.4 is 20.1 Å². The molecule has 0 bridgehead atoms. The Hall–Kier alpha value is -2.09. The molecule has 130 valence electrons. The Morgan fingerprint density at radius 1 is 1.13 bits per heavy atom. The monoisotopic (exact) mass is 326 g/mol. The van der Waals surface area contributed by atoms with E-state index >= 15 is 0 Å². The van der Waals surface area contributed by atoms with E-state index in [9.17, 15) is 4.79 Å². The molecule has 23 heavy (non-hydrogen) atoms. The largest absolute Gasteiger partial charge is 0.481 e. The van der Waals surface area contributed by atoms with Gasteiger partial charge in [0.25, 0.3) is 0 Å². The first-order chi connectivity index (χ1) is 10.9. The van der Waals surface area contributed by atoms with Crippen molar-refractivity contribution in [1.82, 2.24) is 20.6 Å². The molecule has 8 heteroatoms. The third kappa shape index (κ3) is 7.14. The first-order valence-electron chi connectivity index (χ1n) is 7.46. The van der Waals surface area contributed by atoms with Crippen LogP contribution >= 0.6 is 0 Å². The summed E-state index contributed by atoms with van der Waals surface area (Å²) in [6.45, 7) is 7.24. The maximum absolute atomic E-state index is 11.5. The number of hydrogen-bond donors (Lipinski definition) is 2. The van der Waals surface area contributed by atoms with Crippen LogP contribution in [-0.2, 0) is 11.3 Å². The molecule has 8 nitrogen and oxygen atoms in total. The fourth-order valence-electron chi connectivity index (χ4n) is 1.82. The lowest BCUT2D eigenvalue weighted by Crippen LogP contribution is -2.33. The molecule has 0 saturated heterocycles. The predicted molar refractivity (Wildman–Crippen MR) is 85.7 cm³/mol. The lowest BCUT2D eigenvalue weighted by molar-refractivity contribution is 0.0527. The molecule has 0 aliphatic carbocycles. The van der Waals surface area contributed by atoms with Crippen LogP contribution in [0.25, 0.3) is 0 Å². The van der Waals surface area contributed by atoms with Crippen LogP contribution in [0.4, 0.5) is 4.79 Å². The number of methoxy groups -OCH3 is 2. The van der Waals surface area contributed by atoms with Gasteiger partial charge in [-0.05, 0) is 33.7 Å². The van der Waals surface area contributed by atoms with E-state index < -0.39 is 11.7 Å². The molecule has 0 saturated carbocycles. The molecule has 0 radical (unpaired) electrons. The van der Waals surface area contributed by atoms with Gasteiger partial charge in [0.2, 0.25) is 11.8 Å². The second-order valence-electron chi connectivity index (χ2n) is 5.83. The van der Waals surface area contributed by atoms with Crippen molar-refractivity contribution in [1.29, 1.82) is 0 Å². The number of amides is 1. The molecule has 2 N–H and O–H groups in total. The van der Waals surface area contributed by atoms with Gasteiger partial charge in [-0.2, -0.15) is 0 Å². The van der Waals surface area contributed by atoms with Crippen molar-refractivity contribution in [3.63, 3.8) is 0 Å². The van der Waals surface area contributed by atoms with Gasteiger partial charge in [-0.25, -0.2) is 14.8 Å². The van der Waals surface area contributed by atoms with Crippen LogP contribution in [-0.4, -0.2) is 49.0 Å². The highest BCUT2D eigenvalue weighted by molar-refractivity contribution is 5.67. The van der Waals surface area contributed by atoms with E-state index in [1.54, 1.807) is 14.2 Å². The number of nitrogens with zero attached hydrogens (tertiary/aromatic N) is 2. The Kier molecular flexibility index (Phi) is 7.53. The summed E-state index contributed by atoms with van der Waals surface area (Å²) in [5.74, 6) is 0.965. The van der Waals surface area contributed by atoms with Crippen LogP contribution in [0.3, 0.4) is 0 Å². The Bertz CT molecular complexity index is 480. The number of hydrogen-bond acceptors (Lipinski definition) is 7. The quantitative estimate of drug-likeness (QED) is 0.699. The minimum absolute atomic E-state index is 0.405. The van der Waals surface area contributed by atoms with Crippen molar-refractivity contribution in [2.45, 2.75) is 39.3 Å². The summed E-state index contributed by atoms with van der Waals surface area (Å²) in [5.41, 5.74) is 0.278. The maximum atomic E-state index is 11.5. The average Bonchev–Trinajstić information content (AvgIpc) is 2.48. The van der Waals surface area contributed by atoms with Crippen LogP contribution in [0.15, 0.2) is 6.33 Å². The maximum Gasteiger partial charge on any atom is 0.407 e. The molecule has 0 atom stereocenters. The summed E-state index contributed by atoms with van der Waals surface area (Å²) in [5, 5.41) is 5.95. The number of rotatable bonds is 8. The molecule has 0 aromatic carbocycles. The molecular formula is C15H26N4O4. The zero-order valence-corrected chi connectivity index (χ0v) is 14.4. The molecular weight excluding hydrogens is 300 g/mol. The third-order valence-corrected chi connectivity index (χ3v) is 2.75. The topological polar surface area (TPSA) is 94.6 Å². The zero-order valence-electron chi connectivity index (χ0n) is 14.4. The van der Waals surface area contributed by atoms with Gasteiger partial charge in [0, 0.05) is 13.1 Å². The number of nitrogens with one attached hydrogen (secondary N) is 2. The molecule has 1 aromatic heterocycles. The van der Waals surface area contributed by atoms with Gasteiger partial charge in [-0.15, -0.1) is 0 Å². The van der Waals surface area contributed by atoms with E-state index in [-0.39, 0.29) is 0 Å². The van der Waals surface area contributed by atoms with Crippen LogP contribution in [0.1, 0.15) is 32.8 Å². The van der Waals surface area contributed by atoms with Crippen molar-refractivity contribution in [3.05, 3.63) is 11.9 Å². The Morgan fingerprint density at radius 2 is 1.74 bits per heavy atom. The fraction of sp³-hybridized carbons (Fsp3) is 0.667. The summed E-state index contributed by atoms with van der Waals surface area (Å²) in [7, 11) is 3.10. The lowest BCUT2D eigenvalue weighted by atomic mass is 10.2. The summed E-state index contributed by atoms with van der Waals surface area (Å²) >= 11 is 0. The highest BCUT2D eigenvalue weighted by atomic mass is 16.6. The van der Waals surface area contributed by atoms with E-state index in [2.05, 4.69) is 20.6 Å². The number of carbonyl (C=O) groups excluding carboxylic acids is 1. The van der Waals surface area contributed by atoms with Crippen LogP contribution in [0, 0.1) is 0 Å². The smallest absolute Gasteiger partial charge is 0.407 e. The summed E-state index contributed by atoms with van der Waals surface area (Å²) in [6.07, 6.45) is 1.75. The molecule has 1 aromatic rings. The van der Waals surface area contributed by atoms with Gasteiger partial charge in [0.15, 0.2) is 0 Å². The minimum Gasteiger partial charge on any atom is -0.481 e. The normalized spacial score (nSPS) is 11.0. The Morgan fingerprint density at radius 3 is 2.26 bits per heavy atom. The van der Waals surface area contributed by atoms with Crippen molar-refractivity contribution < 1.29 is 19.0 Å². The average molecular weight is 326 g/mol. The van der Waals surface area contributed by atoms with Crippen molar-refractivity contribution in [2.24, 2.45) is 0 Å². The van der Waals surface area contributed by atoms with E-state index in [1.807, 2.05) is 20.8 Å². The second-order valence-corrected chi connectivity index (χ2v) is 5.83. The van der Waals surface area contributed by atoms with E-state index in [1.165, 1.54) is 6.33 Å². The lowest BCUT2D eigenvalue weighted by Gasteiger charge is -2.19. The number of carbonyl (C=O) groups is 1. The predicted octanol–water partition coefficient (Wildman–Crippen LogP) is 1.50. The standard InChI is InChI=1S/C15H26N4O4/c1-15(2,3)23-14(20)17-8-6-7-16-9-11-12(21-4)18-10-19-13(11)22-5/h10,16H,6-9H2,1-5H3,(H,17,20).